The van der Waals surface area contributed by atoms with Crippen LogP contribution in [0.1, 0.15) is 28.1 Å². The number of likely N-dealkylation sites (tertiary alicyclic amines) is 1. The summed E-state index contributed by atoms with van der Waals surface area (Å²) in [5.41, 5.74) is 0.698. The molecule has 27 heavy (non-hydrogen) atoms. The highest BCUT2D eigenvalue weighted by Crippen LogP contribution is 2.20. The van der Waals surface area contributed by atoms with E-state index in [1.165, 1.54) is 4.88 Å². The van der Waals surface area contributed by atoms with Gasteiger partial charge < -0.3 is 10.2 Å². The molecule has 0 aliphatic carbocycles. The van der Waals surface area contributed by atoms with Crippen molar-refractivity contribution in [2.24, 2.45) is 5.92 Å². The SMILES string of the molecule is O=C(NCCSCc1cccs1)C1CCN(C(=O)c2ccc(Br)cc2)CC1. The lowest BCUT2D eigenvalue weighted by Gasteiger charge is -2.31. The van der Waals surface area contributed by atoms with Crippen LogP contribution >= 0.6 is 39.0 Å². The predicted octanol–water partition coefficient (Wildman–Crippen LogP) is 4.41. The maximum Gasteiger partial charge on any atom is 0.253 e. The number of nitrogens with one attached hydrogen (secondary N) is 1. The maximum absolute atomic E-state index is 12.5. The molecule has 1 aromatic carbocycles. The lowest BCUT2D eigenvalue weighted by atomic mass is 9.95. The molecule has 0 bridgehead atoms. The Morgan fingerprint density at radius 1 is 1.19 bits per heavy atom. The number of hydrogen-bond donors (Lipinski definition) is 1. The third kappa shape index (κ3) is 6.09. The van der Waals surface area contributed by atoms with E-state index in [1.807, 2.05) is 40.9 Å². The van der Waals surface area contributed by atoms with E-state index >= 15 is 0 Å². The van der Waals surface area contributed by atoms with E-state index in [9.17, 15) is 9.59 Å². The van der Waals surface area contributed by atoms with Crippen molar-refractivity contribution in [3.05, 3.63) is 56.7 Å². The van der Waals surface area contributed by atoms with Gasteiger partial charge in [-0.2, -0.15) is 11.8 Å². The number of amides is 2. The topological polar surface area (TPSA) is 49.4 Å². The first-order valence-electron chi connectivity index (χ1n) is 9.06. The van der Waals surface area contributed by atoms with Crippen molar-refractivity contribution in [1.82, 2.24) is 10.2 Å². The molecule has 1 fully saturated rings. The van der Waals surface area contributed by atoms with Crippen molar-refractivity contribution in [3.63, 3.8) is 0 Å². The van der Waals surface area contributed by atoms with Crippen molar-refractivity contribution < 1.29 is 9.59 Å². The number of nitrogens with zero attached hydrogens (tertiary/aromatic N) is 1. The highest BCUT2D eigenvalue weighted by Gasteiger charge is 2.27. The van der Waals surface area contributed by atoms with Gasteiger partial charge in [-0.1, -0.05) is 22.0 Å². The van der Waals surface area contributed by atoms with E-state index in [0.717, 1.165) is 28.8 Å². The standard InChI is InChI=1S/C20H23BrN2O2S2/c21-17-5-3-16(4-6-17)20(25)23-10-7-15(8-11-23)19(24)22-9-13-26-14-18-2-1-12-27-18/h1-6,12,15H,7-11,13-14H2,(H,22,24). The number of thioether (sulfide) groups is 1. The summed E-state index contributed by atoms with van der Waals surface area (Å²) in [5, 5.41) is 5.14. The molecule has 2 heterocycles. The summed E-state index contributed by atoms with van der Waals surface area (Å²) in [6, 6.07) is 11.6. The molecule has 1 saturated heterocycles. The molecule has 0 radical (unpaired) electrons. The van der Waals surface area contributed by atoms with Crippen LogP contribution < -0.4 is 5.32 Å². The number of thiophene rings is 1. The molecule has 3 rings (SSSR count). The Kier molecular flexibility index (Phi) is 7.79. The Morgan fingerprint density at radius 2 is 1.93 bits per heavy atom. The molecule has 1 N–H and O–H groups in total. The van der Waals surface area contributed by atoms with Crippen LogP contribution in [0.4, 0.5) is 0 Å². The van der Waals surface area contributed by atoms with Crippen molar-refractivity contribution in [1.29, 1.82) is 0 Å². The van der Waals surface area contributed by atoms with Crippen LogP contribution in [-0.2, 0) is 10.5 Å². The fraction of sp³-hybridized carbons (Fsp3) is 0.400. The summed E-state index contributed by atoms with van der Waals surface area (Å²) in [6.45, 7) is 1.98. The van der Waals surface area contributed by atoms with Gasteiger partial charge >= 0.3 is 0 Å². The normalized spacial score (nSPS) is 14.9. The first-order chi connectivity index (χ1) is 13.1. The van der Waals surface area contributed by atoms with Gasteiger partial charge in [-0.3, -0.25) is 9.59 Å². The lowest BCUT2D eigenvalue weighted by Crippen LogP contribution is -2.43. The number of piperidine rings is 1. The Hall–Kier alpha value is -1.31. The maximum atomic E-state index is 12.5. The largest absolute Gasteiger partial charge is 0.355 e. The first-order valence-corrected chi connectivity index (χ1v) is 11.9. The molecule has 0 spiro atoms. The third-order valence-corrected chi connectivity index (χ3v) is 7.21. The van der Waals surface area contributed by atoms with Gasteiger partial charge in [-0.15, -0.1) is 11.3 Å². The van der Waals surface area contributed by atoms with Gasteiger partial charge in [0, 0.05) is 52.0 Å². The van der Waals surface area contributed by atoms with Crippen LogP contribution in [0, 0.1) is 5.92 Å². The fourth-order valence-electron chi connectivity index (χ4n) is 3.08. The molecule has 1 aromatic heterocycles. The van der Waals surface area contributed by atoms with E-state index in [1.54, 1.807) is 11.3 Å². The second-order valence-corrected chi connectivity index (χ2v) is 9.55. The lowest BCUT2D eigenvalue weighted by molar-refractivity contribution is -0.126. The minimum atomic E-state index is 0.0151. The average Bonchev–Trinajstić information content (AvgIpc) is 3.21. The van der Waals surface area contributed by atoms with Crippen LogP contribution in [0.25, 0.3) is 0 Å². The summed E-state index contributed by atoms with van der Waals surface area (Å²) in [7, 11) is 0. The molecule has 0 unspecified atom stereocenters. The average molecular weight is 467 g/mol. The van der Waals surface area contributed by atoms with Crippen molar-refractivity contribution in [2.75, 3.05) is 25.4 Å². The van der Waals surface area contributed by atoms with Crippen molar-refractivity contribution in [2.45, 2.75) is 18.6 Å². The molecule has 0 atom stereocenters. The molecule has 2 amide bonds. The number of carbonyl (C=O) groups excluding carboxylic acids is 2. The second kappa shape index (κ2) is 10.3. The molecule has 1 aliphatic rings. The zero-order chi connectivity index (χ0) is 19.1. The summed E-state index contributed by atoms with van der Waals surface area (Å²) in [5.74, 6) is 2.12. The number of hydrogen-bond acceptors (Lipinski definition) is 4. The van der Waals surface area contributed by atoms with E-state index in [-0.39, 0.29) is 17.7 Å². The highest BCUT2D eigenvalue weighted by molar-refractivity contribution is 9.10. The highest BCUT2D eigenvalue weighted by atomic mass is 79.9. The van der Waals surface area contributed by atoms with Gasteiger partial charge in [-0.05, 0) is 48.6 Å². The molecule has 4 nitrogen and oxygen atoms in total. The van der Waals surface area contributed by atoms with Gasteiger partial charge in [0.2, 0.25) is 5.91 Å². The van der Waals surface area contributed by atoms with Crippen LogP contribution in [0.5, 0.6) is 0 Å². The molecular weight excluding hydrogens is 444 g/mol. The zero-order valence-corrected chi connectivity index (χ0v) is 18.2. The van der Waals surface area contributed by atoms with E-state index in [2.05, 4.69) is 38.8 Å². The number of rotatable bonds is 7. The Bertz CT molecular complexity index is 742. The van der Waals surface area contributed by atoms with Gasteiger partial charge in [-0.25, -0.2) is 0 Å². The van der Waals surface area contributed by atoms with Crippen molar-refractivity contribution in [3.8, 4) is 0 Å². The molecule has 7 heteroatoms. The monoisotopic (exact) mass is 466 g/mol. The van der Waals surface area contributed by atoms with Crippen molar-refractivity contribution >= 4 is 50.8 Å². The molecule has 144 valence electrons. The molecular formula is C20H23BrN2O2S2. The predicted molar refractivity (Wildman–Crippen MR) is 116 cm³/mol. The second-order valence-electron chi connectivity index (χ2n) is 6.50. The summed E-state index contributed by atoms with van der Waals surface area (Å²) in [4.78, 5) is 28.1. The van der Waals surface area contributed by atoms with E-state index in [0.29, 0.717) is 25.2 Å². The van der Waals surface area contributed by atoms with Gasteiger partial charge in [0.15, 0.2) is 0 Å². The first kappa shape index (κ1) is 20.4. The smallest absolute Gasteiger partial charge is 0.253 e. The van der Waals surface area contributed by atoms with Crippen LogP contribution in [0.15, 0.2) is 46.3 Å². The Balaban J connectivity index is 1.35. The van der Waals surface area contributed by atoms with Gasteiger partial charge in [0.25, 0.3) is 5.91 Å². The Morgan fingerprint density at radius 3 is 2.59 bits per heavy atom. The van der Waals surface area contributed by atoms with Gasteiger partial charge in [0.1, 0.15) is 0 Å². The van der Waals surface area contributed by atoms with Gasteiger partial charge in [0.05, 0.1) is 0 Å². The van der Waals surface area contributed by atoms with Crippen LogP contribution in [0.3, 0.4) is 0 Å². The number of carbonyl (C=O) groups is 2. The zero-order valence-electron chi connectivity index (χ0n) is 15.0. The minimum absolute atomic E-state index is 0.0151. The quantitative estimate of drug-likeness (QED) is 0.614. The Labute approximate surface area is 176 Å². The number of benzene rings is 1. The van der Waals surface area contributed by atoms with E-state index < -0.39 is 0 Å². The number of halogens is 1. The van der Waals surface area contributed by atoms with E-state index in [4.69, 9.17) is 0 Å². The molecule has 0 saturated carbocycles. The molecule has 2 aromatic rings. The summed E-state index contributed by atoms with van der Waals surface area (Å²) in [6.07, 6.45) is 1.47. The molecule has 1 aliphatic heterocycles. The summed E-state index contributed by atoms with van der Waals surface area (Å²) < 4.78 is 0.961. The van der Waals surface area contributed by atoms with Crippen LogP contribution in [-0.4, -0.2) is 42.1 Å². The fourth-order valence-corrected chi connectivity index (χ4v) is 5.04. The van der Waals surface area contributed by atoms with Crippen LogP contribution in [0.2, 0.25) is 0 Å². The third-order valence-electron chi connectivity index (χ3n) is 4.61. The summed E-state index contributed by atoms with van der Waals surface area (Å²) >= 11 is 7.00. The minimum Gasteiger partial charge on any atom is -0.355 e.